The maximum absolute atomic E-state index is 2.30. The number of thiophene rings is 1. The van der Waals surface area contributed by atoms with Crippen LogP contribution < -0.4 is 0 Å². The van der Waals surface area contributed by atoms with Crippen LogP contribution >= 0.6 is 11.3 Å². The van der Waals surface area contributed by atoms with Crippen LogP contribution in [0.4, 0.5) is 0 Å². The molecular formula is C38H24S. The van der Waals surface area contributed by atoms with E-state index in [1.54, 1.807) is 0 Å². The van der Waals surface area contributed by atoms with Crippen molar-refractivity contribution in [2.75, 3.05) is 0 Å². The smallest absolute Gasteiger partial charge is 0.0361 e. The summed E-state index contributed by atoms with van der Waals surface area (Å²) in [4.78, 5) is 2.60. The topological polar surface area (TPSA) is 0 Å². The fourth-order valence-electron chi connectivity index (χ4n) is 6.03. The molecule has 0 atom stereocenters. The largest absolute Gasteiger partial charge is 0.135 e. The molecule has 182 valence electrons. The first kappa shape index (κ1) is 22.3. The van der Waals surface area contributed by atoms with Crippen molar-refractivity contribution < 1.29 is 0 Å². The molecule has 0 nitrogen and oxygen atoms in total. The maximum atomic E-state index is 2.30. The Bertz CT molecular complexity index is 2050. The quantitative estimate of drug-likeness (QED) is 0.207. The third-order valence-electron chi connectivity index (χ3n) is 7.85. The summed E-state index contributed by atoms with van der Waals surface area (Å²) in [6.07, 6.45) is 0. The molecule has 0 N–H and O–H groups in total. The molecule has 0 amide bonds. The van der Waals surface area contributed by atoms with Crippen molar-refractivity contribution in [2.45, 2.75) is 0 Å². The summed E-state index contributed by atoms with van der Waals surface area (Å²) in [6, 6.07) is 53.2. The van der Waals surface area contributed by atoms with E-state index in [0.717, 1.165) is 0 Å². The van der Waals surface area contributed by atoms with Crippen LogP contribution in [0.5, 0.6) is 0 Å². The van der Waals surface area contributed by atoms with Crippen LogP contribution in [0.1, 0.15) is 0 Å². The lowest BCUT2D eigenvalue weighted by Crippen LogP contribution is -1.85. The number of fused-ring (bicyclic) bond motifs is 4. The molecule has 0 radical (unpaired) electrons. The van der Waals surface area contributed by atoms with Gasteiger partial charge in [0.1, 0.15) is 0 Å². The van der Waals surface area contributed by atoms with E-state index in [-0.39, 0.29) is 0 Å². The van der Waals surface area contributed by atoms with Gasteiger partial charge < -0.3 is 0 Å². The Kier molecular flexibility index (Phi) is 5.11. The molecule has 0 spiro atoms. The highest BCUT2D eigenvalue weighted by Crippen LogP contribution is 2.43. The van der Waals surface area contributed by atoms with Crippen LogP contribution in [-0.2, 0) is 0 Å². The Morgan fingerprint density at radius 1 is 0.308 bits per heavy atom. The molecule has 8 aromatic rings. The molecule has 0 aliphatic carbocycles. The Labute approximate surface area is 231 Å². The highest BCUT2D eigenvalue weighted by molar-refractivity contribution is 7.19. The number of hydrogen-bond donors (Lipinski definition) is 0. The van der Waals surface area contributed by atoms with Crippen LogP contribution in [0, 0.1) is 0 Å². The molecular weight excluding hydrogens is 488 g/mol. The molecule has 1 aromatic heterocycles. The lowest BCUT2D eigenvalue weighted by molar-refractivity contribution is 1.66. The molecule has 0 saturated carbocycles. The molecule has 1 heteroatoms. The molecule has 39 heavy (non-hydrogen) atoms. The zero-order valence-electron chi connectivity index (χ0n) is 21.3. The van der Waals surface area contributed by atoms with Crippen LogP contribution in [0.2, 0.25) is 0 Å². The fraction of sp³-hybridized carbons (Fsp3) is 0. The van der Waals surface area contributed by atoms with Gasteiger partial charge >= 0.3 is 0 Å². The second-order valence-corrected chi connectivity index (χ2v) is 11.2. The van der Waals surface area contributed by atoms with Crippen molar-refractivity contribution in [3.8, 4) is 32.0 Å². The van der Waals surface area contributed by atoms with Gasteiger partial charge in [0.05, 0.1) is 0 Å². The third kappa shape index (κ3) is 3.66. The summed E-state index contributed by atoms with van der Waals surface area (Å²) in [7, 11) is 0. The lowest BCUT2D eigenvalue weighted by atomic mass is 9.91. The normalized spacial score (nSPS) is 11.6. The van der Waals surface area contributed by atoms with Crippen molar-refractivity contribution in [1.29, 1.82) is 0 Å². The van der Waals surface area contributed by atoms with E-state index in [2.05, 4.69) is 146 Å². The fourth-order valence-corrected chi connectivity index (χ4v) is 7.12. The second kappa shape index (κ2) is 8.94. The highest BCUT2D eigenvalue weighted by Gasteiger charge is 2.14. The van der Waals surface area contributed by atoms with E-state index in [4.69, 9.17) is 0 Å². The average Bonchev–Trinajstić information content (AvgIpc) is 3.48. The molecule has 1 heterocycles. The van der Waals surface area contributed by atoms with Gasteiger partial charge in [-0.2, -0.15) is 0 Å². The zero-order chi connectivity index (χ0) is 25.8. The first-order valence-electron chi connectivity index (χ1n) is 13.4. The summed E-state index contributed by atoms with van der Waals surface area (Å²) in [5.41, 5.74) is 5.15. The summed E-state index contributed by atoms with van der Waals surface area (Å²) in [5.74, 6) is 0. The molecule has 0 saturated heterocycles. The van der Waals surface area contributed by atoms with Crippen LogP contribution in [-0.4, -0.2) is 0 Å². The standard InChI is InChI=1S/C38H24S/c1-5-13-31-27(9-1)23-28-10-2-6-14-32(28)37(31)26-19-17-25(18-20-26)35-21-22-36(39-35)38-33-15-7-3-11-29(33)24-30-12-4-8-16-34(30)38/h1-24H. The summed E-state index contributed by atoms with van der Waals surface area (Å²) < 4.78 is 0. The summed E-state index contributed by atoms with van der Waals surface area (Å²) in [5, 5.41) is 10.3. The van der Waals surface area contributed by atoms with Crippen molar-refractivity contribution in [3.05, 3.63) is 146 Å². The number of hydrogen-bond acceptors (Lipinski definition) is 1. The molecule has 0 bridgehead atoms. The minimum Gasteiger partial charge on any atom is -0.135 e. The van der Waals surface area contributed by atoms with Gasteiger partial charge in [0.15, 0.2) is 0 Å². The number of rotatable bonds is 3. The minimum absolute atomic E-state index is 1.25. The predicted molar refractivity (Wildman–Crippen MR) is 171 cm³/mol. The van der Waals surface area contributed by atoms with E-state index >= 15 is 0 Å². The van der Waals surface area contributed by atoms with Gasteiger partial charge in [0, 0.05) is 15.3 Å². The third-order valence-corrected chi connectivity index (χ3v) is 9.00. The second-order valence-electron chi connectivity index (χ2n) is 10.1. The van der Waals surface area contributed by atoms with Gasteiger partial charge in [-0.1, -0.05) is 121 Å². The van der Waals surface area contributed by atoms with Crippen molar-refractivity contribution in [2.24, 2.45) is 0 Å². The van der Waals surface area contributed by atoms with E-state index < -0.39 is 0 Å². The SMILES string of the molecule is c1ccc2c(-c3ccc(-c4ccc(-c5c6ccccc6cc6ccccc56)s4)cc3)c3ccccc3cc2c1. The maximum Gasteiger partial charge on any atom is 0.0361 e. The Hall–Kier alpha value is -4.72. The Balaban J connectivity index is 1.25. The van der Waals surface area contributed by atoms with Gasteiger partial charge in [-0.3, -0.25) is 0 Å². The molecule has 0 unspecified atom stereocenters. The van der Waals surface area contributed by atoms with Crippen LogP contribution in [0.15, 0.2) is 146 Å². The van der Waals surface area contributed by atoms with Crippen molar-refractivity contribution >= 4 is 54.4 Å². The van der Waals surface area contributed by atoms with Crippen LogP contribution in [0.3, 0.4) is 0 Å². The Morgan fingerprint density at radius 2 is 0.692 bits per heavy atom. The zero-order valence-corrected chi connectivity index (χ0v) is 22.1. The Morgan fingerprint density at radius 3 is 1.18 bits per heavy atom. The summed E-state index contributed by atoms with van der Waals surface area (Å²) >= 11 is 1.88. The molecule has 0 aliphatic heterocycles. The van der Waals surface area contributed by atoms with Gasteiger partial charge in [-0.05, 0) is 84.0 Å². The first-order chi connectivity index (χ1) is 19.3. The lowest BCUT2D eigenvalue weighted by Gasteiger charge is -2.12. The van der Waals surface area contributed by atoms with Gasteiger partial charge in [-0.15, -0.1) is 11.3 Å². The first-order valence-corrected chi connectivity index (χ1v) is 14.2. The number of benzene rings is 7. The molecule has 0 fully saturated rings. The average molecular weight is 513 g/mol. The molecule has 0 aliphatic rings. The van der Waals surface area contributed by atoms with Crippen LogP contribution in [0.25, 0.3) is 75.1 Å². The summed E-state index contributed by atoms with van der Waals surface area (Å²) in [6.45, 7) is 0. The van der Waals surface area contributed by atoms with E-state index in [0.29, 0.717) is 0 Å². The van der Waals surface area contributed by atoms with Gasteiger partial charge in [0.25, 0.3) is 0 Å². The molecule has 8 rings (SSSR count). The van der Waals surface area contributed by atoms with E-state index in [9.17, 15) is 0 Å². The van der Waals surface area contributed by atoms with E-state index in [1.807, 2.05) is 11.3 Å². The predicted octanol–water partition coefficient (Wildman–Crippen LogP) is 11.4. The highest BCUT2D eigenvalue weighted by atomic mass is 32.1. The monoisotopic (exact) mass is 512 g/mol. The van der Waals surface area contributed by atoms with Crippen molar-refractivity contribution in [1.82, 2.24) is 0 Å². The van der Waals surface area contributed by atoms with Gasteiger partial charge in [-0.25, -0.2) is 0 Å². The van der Waals surface area contributed by atoms with Crippen molar-refractivity contribution in [3.63, 3.8) is 0 Å². The minimum atomic E-state index is 1.25. The van der Waals surface area contributed by atoms with E-state index in [1.165, 1.54) is 75.1 Å². The van der Waals surface area contributed by atoms with Gasteiger partial charge in [0.2, 0.25) is 0 Å². The molecule has 7 aromatic carbocycles.